The zero-order valence-electron chi connectivity index (χ0n) is 13.3. The molecule has 2 heterocycles. The molecule has 1 aromatic carbocycles. The van der Waals surface area contributed by atoms with Crippen LogP contribution >= 0.6 is 0 Å². The third kappa shape index (κ3) is 3.44. The summed E-state index contributed by atoms with van der Waals surface area (Å²) in [6.07, 6.45) is 1.67. The molecule has 5 heteroatoms. The lowest BCUT2D eigenvalue weighted by Crippen LogP contribution is -2.50. The number of hydrogen-bond donors (Lipinski definition) is 0. The van der Waals surface area contributed by atoms with Gasteiger partial charge in [0.25, 0.3) is 5.56 Å². The summed E-state index contributed by atoms with van der Waals surface area (Å²) in [4.78, 5) is 28.6. The second-order valence-electron chi connectivity index (χ2n) is 5.83. The van der Waals surface area contributed by atoms with Gasteiger partial charge in [-0.05, 0) is 25.1 Å². The highest BCUT2D eigenvalue weighted by Crippen LogP contribution is 2.15. The summed E-state index contributed by atoms with van der Waals surface area (Å²) in [6.45, 7) is 4.90. The largest absolute Gasteiger partial charge is 0.368 e. The number of pyridine rings is 1. The first kappa shape index (κ1) is 15.3. The first-order chi connectivity index (χ1) is 11.1. The van der Waals surface area contributed by atoms with Crippen LogP contribution in [0, 0.1) is 6.92 Å². The van der Waals surface area contributed by atoms with Crippen molar-refractivity contribution in [2.75, 3.05) is 31.1 Å². The van der Waals surface area contributed by atoms with E-state index in [0.29, 0.717) is 18.7 Å². The van der Waals surface area contributed by atoms with Crippen LogP contribution in [0.15, 0.2) is 53.5 Å². The fourth-order valence-corrected chi connectivity index (χ4v) is 2.88. The first-order valence-electron chi connectivity index (χ1n) is 7.89. The normalized spacial score (nSPS) is 14.8. The minimum absolute atomic E-state index is 0.00501. The van der Waals surface area contributed by atoms with E-state index in [1.165, 1.54) is 10.3 Å². The predicted molar refractivity (Wildman–Crippen MR) is 90.7 cm³/mol. The molecule has 3 rings (SSSR count). The summed E-state index contributed by atoms with van der Waals surface area (Å²) >= 11 is 0. The van der Waals surface area contributed by atoms with Crippen molar-refractivity contribution in [3.63, 3.8) is 0 Å². The number of anilines is 1. The van der Waals surface area contributed by atoms with Crippen molar-refractivity contribution >= 4 is 11.6 Å². The van der Waals surface area contributed by atoms with Crippen LogP contribution in [0.4, 0.5) is 5.69 Å². The van der Waals surface area contributed by atoms with E-state index in [2.05, 4.69) is 17.0 Å². The van der Waals surface area contributed by atoms with Gasteiger partial charge in [-0.3, -0.25) is 9.59 Å². The maximum atomic E-state index is 12.4. The Balaban J connectivity index is 1.60. The van der Waals surface area contributed by atoms with Gasteiger partial charge in [0, 0.05) is 43.6 Å². The molecule has 23 heavy (non-hydrogen) atoms. The Morgan fingerprint density at radius 3 is 2.39 bits per heavy atom. The van der Waals surface area contributed by atoms with Crippen molar-refractivity contribution in [3.8, 4) is 0 Å². The smallest absolute Gasteiger partial charge is 0.253 e. The number of benzene rings is 1. The van der Waals surface area contributed by atoms with Crippen LogP contribution < -0.4 is 10.5 Å². The van der Waals surface area contributed by atoms with Gasteiger partial charge in [0.2, 0.25) is 5.91 Å². The Labute approximate surface area is 135 Å². The molecule has 0 aliphatic carbocycles. The molecule has 5 nitrogen and oxygen atoms in total. The molecule has 120 valence electrons. The number of nitrogens with zero attached hydrogens (tertiary/aromatic N) is 3. The van der Waals surface area contributed by atoms with Crippen LogP contribution in [0.3, 0.4) is 0 Å². The lowest BCUT2D eigenvalue weighted by atomic mass is 10.2. The van der Waals surface area contributed by atoms with E-state index in [-0.39, 0.29) is 18.0 Å². The highest BCUT2D eigenvalue weighted by atomic mass is 16.2. The maximum Gasteiger partial charge on any atom is 0.253 e. The number of para-hydroxylation sites is 1. The lowest BCUT2D eigenvalue weighted by Gasteiger charge is -2.36. The zero-order valence-corrected chi connectivity index (χ0v) is 13.3. The van der Waals surface area contributed by atoms with Crippen LogP contribution in [-0.4, -0.2) is 41.6 Å². The van der Waals surface area contributed by atoms with Crippen molar-refractivity contribution in [2.45, 2.75) is 13.5 Å². The van der Waals surface area contributed by atoms with E-state index >= 15 is 0 Å². The molecule has 0 bridgehead atoms. The van der Waals surface area contributed by atoms with Crippen molar-refractivity contribution in [2.24, 2.45) is 0 Å². The molecule has 0 N–H and O–H groups in total. The third-order valence-corrected chi connectivity index (χ3v) is 4.27. The Kier molecular flexibility index (Phi) is 4.46. The molecular weight excluding hydrogens is 290 g/mol. The van der Waals surface area contributed by atoms with Gasteiger partial charge in [0.1, 0.15) is 6.54 Å². The lowest BCUT2D eigenvalue weighted by molar-refractivity contribution is -0.132. The van der Waals surface area contributed by atoms with E-state index in [1.807, 2.05) is 23.1 Å². The predicted octanol–water partition coefficient (Wildman–Crippen LogP) is 1.51. The molecule has 1 aliphatic heterocycles. The topological polar surface area (TPSA) is 45.6 Å². The number of hydrogen-bond acceptors (Lipinski definition) is 3. The number of carbonyl (C=O) groups is 1. The number of piperazine rings is 1. The molecule has 1 aromatic heterocycles. The van der Waals surface area contributed by atoms with Gasteiger partial charge in [-0.15, -0.1) is 0 Å². The average Bonchev–Trinajstić information content (AvgIpc) is 2.60. The average molecular weight is 311 g/mol. The van der Waals surface area contributed by atoms with E-state index in [0.717, 1.165) is 13.1 Å². The zero-order chi connectivity index (χ0) is 16.2. The van der Waals surface area contributed by atoms with Crippen molar-refractivity contribution in [3.05, 3.63) is 64.6 Å². The summed E-state index contributed by atoms with van der Waals surface area (Å²) in [6, 6.07) is 13.8. The molecule has 1 fully saturated rings. The summed E-state index contributed by atoms with van der Waals surface area (Å²) in [7, 11) is 0. The van der Waals surface area contributed by atoms with Gasteiger partial charge in [-0.1, -0.05) is 24.3 Å². The van der Waals surface area contributed by atoms with Crippen LogP contribution in [0.5, 0.6) is 0 Å². The summed E-state index contributed by atoms with van der Waals surface area (Å²) in [5.74, 6) is 0.00501. The van der Waals surface area contributed by atoms with Crippen molar-refractivity contribution < 1.29 is 4.79 Å². The second-order valence-corrected chi connectivity index (χ2v) is 5.83. The Morgan fingerprint density at radius 1 is 1.00 bits per heavy atom. The van der Waals surface area contributed by atoms with E-state index in [9.17, 15) is 9.59 Å². The molecule has 1 aliphatic rings. The van der Waals surface area contributed by atoms with E-state index in [4.69, 9.17) is 0 Å². The number of aryl methyl sites for hydroxylation is 1. The quantitative estimate of drug-likeness (QED) is 0.863. The van der Waals surface area contributed by atoms with Gasteiger partial charge in [-0.25, -0.2) is 0 Å². The Morgan fingerprint density at radius 2 is 1.70 bits per heavy atom. The standard InChI is InChI=1S/C18H21N3O2/c1-15-6-5-9-21(18(15)23)14-17(22)20-12-10-19(11-13-20)16-7-3-2-4-8-16/h2-9H,10-14H2,1H3. The molecule has 0 atom stereocenters. The fourth-order valence-electron chi connectivity index (χ4n) is 2.88. The third-order valence-electron chi connectivity index (χ3n) is 4.27. The van der Waals surface area contributed by atoms with Crippen molar-refractivity contribution in [1.82, 2.24) is 9.47 Å². The molecule has 0 unspecified atom stereocenters. The summed E-state index contributed by atoms with van der Waals surface area (Å²) in [5, 5.41) is 0. The number of carbonyl (C=O) groups excluding carboxylic acids is 1. The van der Waals surface area contributed by atoms with Gasteiger partial charge >= 0.3 is 0 Å². The monoisotopic (exact) mass is 311 g/mol. The number of amides is 1. The van der Waals surface area contributed by atoms with Crippen LogP contribution in [0.2, 0.25) is 0 Å². The second kappa shape index (κ2) is 6.69. The van der Waals surface area contributed by atoms with Crippen LogP contribution in [0.1, 0.15) is 5.56 Å². The molecule has 1 saturated heterocycles. The Hall–Kier alpha value is -2.56. The van der Waals surface area contributed by atoms with Crippen molar-refractivity contribution in [1.29, 1.82) is 0 Å². The minimum atomic E-state index is -0.0937. The number of rotatable bonds is 3. The van der Waals surface area contributed by atoms with Crippen LogP contribution in [0.25, 0.3) is 0 Å². The SMILES string of the molecule is Cc1cccn(CC(=O)N2CCN(c3ccccc3)CC2)c1=O. The highest BCUT2D eigenvalue weighted by Gasteiger charge is 2.21. The van der Waals surface area contributed by atoms with E-state index in [1.54, 1.807) is 25.3 Å². The van der Waals surface area contributed by atoms with Gasteiger partial charge in [0.15, 0.2) is 0 Å². The maximum absolute atomic E-state index is 12.4. The molecule has 2 aromatic rings. The van der Waals surface area contributed by atoms with Gasteiger partial charge in [-0.2, -0.15) is 0 Å². The van der Waals surface area contributed by atoms with Crippen LogP contribution in [-0.2, 0) is 11.3 Å². The highest BCUT2D eigenvalue weighted by molar-refractivity contribution is 5.76. The molecule has 0 spiro atoms. The number of aromatic nitrogens is 1. The van der Waals surface area contributed by atoms with Gasteiger partial charge < -0.3 is 14.4 Å². The molecule has 0 saturated carbocycles. The fraction of sp³-hybridized carbons (Fsp3) is 0.333. The first-order valence-corrected chi connectivity index (χ1v) is 7.89. The van der Waals surface area contributed by atoms with E-state index < -0.39 is 0 Å². The Bertz CT molecular complexity index is 731. The molecule has 1 amide bonds. The molecule has 0 radical (unpaired) electrons. The molecular formula is C18H21N3O2. The summed E-state index contributed by atoms with van der Waals surface area (Å²) < 4.78 is 1.49. The van der Waals surface area contributed by atoms with Gasteiger partial charge in [0.05, 0.1) is 0 Å². The summed E-state index contributed by atoms with van der Waals surface area (Å²) in [5.41, 5.74) is 1.76. The minimum Gasteiger partial charge on any atom is -0.368 e.